The number of amides is 2. The van der Waals surface area contributed by atoms with Crippen LogP contribution in [-0.2, 0) is 9.59 Å². The van der Waals surface area contributed by atoms with E-state index >= 15 is 0 Å². The monoisotopic (exact) mass is 556 g/mol. The van der Waals surface area contributed by atoms with Crippen LogP contribution < -0.4 is 10.2 Å². The van der Waals surface area contributed by atoms with Crippen molar-refractivity contribution >= 4 is 29.4 Å². The van der Waals surface area contributed by atoms with Crippen LogP contribution in [0, 0.1) is 19.7 Å². The molecule has 40 heavy (non-hydrogen) atoms. The molecule has 8 heteroatoms. The molecule has 0 saturated heterocycles. The Morgan fingerprint density at radius 2 is 1.82 bits per heavy atom. The van der Waals surface area contributed by atoms with Crippen molar-refractivity contribution in [3.63, 3.8) is 0 Å². The Balaban J connectivity index is 1.79. The number of hydrogen-bond donors (Lipinski definition) is 1. The van der Waals surface area contributed by atoms with E-state index in [4.69, 9.17) is 5.10 Å². The Bertz CT molecular complexity index is 1530. The van der Waals surface area contributed by atoms with Crippen molar-refractivity contribution in [1.29, 1.82) is 0 Å². The SMILES string of the molecule is CC[C@H](C)NC(=O)CN1C(=O)CS[C@@H](c2ccc(F)cc2)c2c(-c3ccccc3)nn(-c3ccc(C)cc3C)c21. The Kier molecular flexibility index (Phi) is 8.07. The molecule has 6 nitrogen and oxygen atoms in total. The highest BCUT2D eigenvalue weighted by Gasteiger charge is 2.38. The second-order valence-corrected chi connectivity index (χ2v) is 11.3. The van der Waals surface area contributed by atoms with Gasteiger partial charge in [0.2, 0.25) is 11.8 Å². The van der Waals surface area contributed by atoms with Crippen LogP contribution >= 0.6 is 11.8 Å². The number of anilines is 1. The molecule has 4 aromatic rings. The fourth-order valence-electron chi connectivity index (χ4n) is 5.01. The van der Waals surface area contributed by atoms with Gasteiger partial charge in [-0.25, -0.2) is 9.07 Å². The zero-order chi connectivity index (χ0) is 28.4. The zero-order valence-electron chi connectivity index (χ0n) is 23.1. The first-order chi connectivity index (χ1) is 19.3. The lowest BCUT2D eigenvalue weighted by Crippen LogP contribution is -2.44. The Hall–Kier alpha value is -3.91. The molecule has 0 aliphatic carbocycles. The summed E-state index contributed by atoms with van der Waals surface area (Å²) < 4.78 is 15.8. The van der Waals surface area contributed by atoms with Crippen LogP contribution in [0.5, 0.6) is 0 Å². The first kappa shape index (κ1) is 27.6. The van der Waals surface area contributed by atoms with E-state index in [0.29, 0.717) is 5.82 Å². The molecule has 0 spiro atoms. The van der Waals surface area contributed by atoms with Crippen LogP contribution in [0.15, 0.2) is 72.8 Å². The molecule has 0 unspecified atom stereocenters. The third-order valence-electron chi connectivity index (χ3n) is 7.21. The van der Waals surface area contributed by atoms with E-state index in [9.17, 15) is 14.0 Å². The van der Waals surface area contributed by atoms with Gasteiger partial charge in [-0.05, 0) is 56.5 Å². The first-order valence-electron chi connectivity index (χ1n) is 13.5. The van der Waals surface area contributed by atoms with E-state index in [2.05, 4.69) is 11.4 Å². The van der Waals surface area contributed by atoms with Crippen molar-refractivity contribution < 1.29 is 14.0 Å². The van der Waals surface area contributed by atoms with Gasteiger partial charge in [-0.3, -0.25) is 14.5 Å². The van der Waals surface area contributed by atoms with Gasteiger partial charge in [0.1, 0.15) is 18.2 Å². The number of nitrogens with one attached hydrogen (secondary N) is 1. The highest BCUT2D eigenvalue weighted by atomic mass is 32.2. The predicted molar refractivity (Wildman–Crippen MR) is 159 cm³/mol. The van der Waals surface area contributed by atoms with E-state index < -0.39 is 0 Å². The molecule has 5 rings (SSSR count). The van der Waals surface area contributed by atoms with Gasteiger partial charge < -0.3 is 5.32 Å². The van der Waals surface area contributed by atoms with Gasteiger partial charge in [0, 0.05) is 17.2 Å². The predicted octanol–water partition coefficient (Wildman–Crippen LogP) is 6.38. The number of thioether (sulfide) groups is 1. The number of halogens is 1. The third kappa shape index (κ3) is 5.54. The molecule has 2 amide bonds. The topological polar surface area (TPSA) is 67.2 Å². The van der Waals surface area contributed by atoms with E-state index in [1.165, 1.54) is 23.9 Å². The van der Waals surface area contributed by atoms with E-state index in [1.54, 1.807) is 17.0 Å². The minimum absolute atomic E-state index is 0.0143. The smallest absolute Gasteiger partial charge is 0.240 e. The zero-order valence-corrected chi connectivity index (χ0v) is 24.0. The number of benzene rings is 3. The Labute approximate surface area is 238 Å². The molecule has 0 fully saturated rings. The number of aryl methyl sites for hydroxylation is 2. The summed E-state index contributed by atoms with van der Waals surface area (Å²) in [7, 11) is 0. The third-order valence-corrected chi connectivity index (χ3v) is 8.47. The standard InChI is InChI=1S/C32H33FN4O2S/c1-5-22(4)34-27(38)18-36-28(39)19-40-31(24-12-14-25(33)15-13-24)29-30(23-9-7-6-8-10-23)35-37(32(29)36)26-16-11-20(2)17-21(26)3/h6-17,22,31H,5,18-19H2,1-4H3,(H,34,38)/t22-,31-/m0/s1. The van der Waals surface area contributed by atoms with Gasteiger partial charge >= 0.3 is 0 Å². The van der Waals surface area contributed by atoms with Gasteiger partial charge in [0.25, 0.3) is 0 Å². The summed E-state index contributed by atoms with van der Waals surface area (Å²) in [5, 5.41) is 7.83. The number of rotatable bonds is 7. The van der Waals surface area contributed by atoms with Gasteiger partial charge in [-0.2, -0.15) is 5.10 Å². The van der Waals surface area contributed by atoms with Gasteiger partial charge in [0.15, 0.2) is 0 Å². The maximum absolute atomic E-state index is 13.9. The lowest BCUT2D eigenvalue weighted by atomic mass is 9.99. The molecule has 206 valence electrons. The quantitative estimate of drug-likeness (QED) is 0.287. The van der Waals surface area contributed by atoms with Gasteiger partial charge in [-0.15, -0.1) is 11.8 Å². The van der Waals surface area contributed by atoms with Crippen LogP contribution in [0.3, 0.4) is 0 Å². The van der Waals surface area contributed by atoms with Crippen molar-refractivity contribution in [1.82, 2.24) is 15.1 Å². The van der Waals surface area contributed by atoms with E-state index in [1.807, 2.05) is 74.8 Å². The van der Waals surface area contributed by atoms with Gasteiger partial charge in [-0.1, -0.05) is 67.1 Å². The minimum Gasteiger partial charge on any atom is -0.352 e. The second kappa shape index (κ2) is 11.7. The number of fused-ring (bicyclic) bond motifs is 1. The summed E-state index contributed by atoms with van der Waals surface area (Å²) >= 11 is 1.47. The lowest BCUT2D eigenvalue weighted by molar-refractivity contribution is -0.123. The molecule has 2 heterocycles. The largest absolute Gasteiger partial charge is 0.352 e. The molecule has 0 bridgehead atoms. The van der Waals surface area contributed by atoms with Crippen LogP contribution in [0.25, 0.3) is 16.9 Å². The number of nitrogens with zero attached hydrogens (tertiary/aromatic N) is 3. The maximum Gasteiger partial charge on any atom is 0.240 e. The fraction of sp³-hybridized carbons (Fsp3) is 0.281. The van der Waals surface area contributed by atoms with Gasteiger partial charge in [0.05, 0.1) is 22.4 Å². The molecule has 0 saturated carbocycles. The van der Waals surface area contributed by atoms with E-state index in [-0.39, 0.29) is 41.2 Å². The molecular weight excluding hydrogens is 523 g/mol. The molecule has 1 aromatic heterocycles. The molecule has 2 atom stereocenters. The number of carbonyl (C=O) groups is 2. The summed E-state index contributed by atoms with van der Waals surface area (Å²) in [6, 6.07) is 22.3. The van der Waals surface area contributed by atoms with Crippen molar-refractivity contribution in [3.05, 3.63) is 101 Å². The highest BCUT2D eigenvalue weighted by molar-refractivity contribution is 8.00. The average molecular weight is 557 g/mol. The molecule has 1 aliphatic rings. The van der Waals surface area contributed by atoms with Crippen molar-refractivity contribution in [2.24, 2.45) is 0 Å². The molecular formula is C32H33FN4O2S. The summed E-state index contributed by atoms with van der Waals surface area (Å²) in [5.74, 6) is -0.00559. The highest BCUT2D eigenvalue weighted by Crippen LogP contribution is 2.48. The van der Waals surface area contributed by atoms with Crippen molar-refractivity contribution in [2.75, 3.05) is 17.2 Å². The second-order valence-electron chi connectivity index (χ2n) is 10.3. The van der Waals surface area contributed by atoms with Crippen molar-refractivity contribution in [2.45, 2.75) is 45.4 Å². The Morgan fingerprint density at radius 1 is 1.10 bits per heavy atom. The van der Waals surface area contributed by atoms with Crippen LogP contribution in [0.1, 0.15) is 47.8 Å². The molecule has 1 N–H and O–H groups in total. The fourth-order valence-corrected chi connectivity index (χ4v) is 6.20. The normalized spacial score (nSPS) is 15.9. The average Bonchev–Trinajstić information content (AvgIpc) is 3.26. The summed E-state index contributed by atoms with van der Waals surface area (Å²) in [4.78, 5) is 28.6. The summed E-state index contributed by atoms with van der Waals surface area (Å²) in [5.41, 5.74) is 6.25. The van der Waals surface area contributed by atoms with Crippen LogP contribution in [0.4, 0.5) is 10.2 Å². The summed E-state index contributed by atoms with van der Waals surface area (Å²) in [6.07, 6.45) is 0.784. The molecule has 1 aliphatic heterocycles. The van der Waals surface area contributed by atoms with Crippen LogP contribution in [0.2, 0.25) is 0 Å². The first-order valence-corrected chi connectivity index (χ1v) is 14.5. The molecule has 0 radical (unpaired) electrons. The lowest BCUT2D eigenvalue weighted by Gasteiger charge is -2.24. The van der Waals surface area contributed by atoms with Crippen molar-refractivity contribution in [3.8, 4) is 16.9 Å². The number of aromatic nitrogens is 2. The number of carbonyl (C=O) groups excluding carboxylic acids is 2. The summed E-state index contributed by atoms with van der Waals surface area (Å²) in [6.45, 7) is 7.87. The molecule has 3 aromatic carbocycles. The maximum atomic E-state index is 13.9. The Morgan fingerprint density at radius 3 is 2.50 bits per heavy atom. The number of hydrogen-bond acceptors (Lipinski definition) is 4. The minimum atomic E-state index is -0.323. The van der Waals surface area contributed by atoms with Crippen LogP contribution in [-0.4, -0.2) is 39.9 Å². The van der Waals surface area contributed by atoms with E-state index in [0.717, 1.165) is 45.6 Å².